The van der Waals surface area contributed by atoms with E-state index in [1.807, 2.05) is 19.9 Å². The lowest BCUT2D eigenvalue weighted by Crippen LogP contribution is -2.46. The van der Waals surface area contributed by atoms with Crippen molar-refractivity contribution >= 4 is 5.91 Å². The molecule has 0 spiro atoms. The number of benzene rings is 2. The molecule has 0 saturated heterocycles. The largest absolute Gasteiger partial charge is 0.479 e. The first-order valence-electron chi connectivity index (χ1n) is 8.72. The summed E-state index contributed by atoms with van der Waals surface area (Å²) in [5, 5.41) is 11.9. The molecule has 0 aliphatic heterocycles. The second-order valence-corrected chi connectivity index (χ2v) is 6.70. The van der Waals surface area contributed by atoms with Gasteiger partial charge in [0.1, 0.15) is 23.5 Å². The molecule has 2 aromatic rings. The number of hydrogen-bond acceptors (Lipinski definition) is 3. The minimum Gasteiger partial charge on any atom is -0.479 e. The maximum Gasteiger partial charge on any atom is 0.261 e. The highest BCUT2D eigenvalue weighted by Gasteiger charge is 2.26. The molecule has 0 bridgehead atoms. The van der Waals surface area contributed by atoms with Gasteiger partial charge in [-0.2, -0.15) is 5.26 Å². The summed E-state index contributed by atoms with van der Waals surface area (Å²) in [4.78, 5) is 12.7. The van der Waals surface area contributed by atoms with E-state index in [4.69, 9.17) is 10.00 Å². The van der Waals surface area contributed by atoms with Crippen molar-refractivity contribution in [1.82, 2.24) is 5.32 Å². The standard InChI is InChI=1S/C21H22F2N2O2/c1-13(2)20(27-19-10-5-4-7-15(19)12-24)21(26)25-14(3)11-16-17(22)8-6-9-18(16)23/h4-10,13-14,20H,11H2,1-3H3,(H,25,26). The van der Waals surface area contributed by atoms with Gasteiger partial charge in [0.05, 0.1) is 5.56 Å². The Morgan fingerprint density at radius 2 is 1.74 bits per heavy atom. The zero-order valence-corrected chi connectivity index (χ0v) is 15.5. The molecule has 1 N–H and O–H groups in total. The number of rotatable bonds is 7. The van der Waals surface area contributed by atoms with E-state index < -0.39 is 29.7 Å². The number of nitrogens with one attached hydrogen (secondary N) is 1. The van der Waals surface area contributed by atoms with E-state index >= 15 is 0 Å². The van der Waals surface area contributed by atoms with Crippen molar-refractivity contribution in [3.05, 3.63) is 65.2 Å². The Morgan fingerprint density at radius 3 is 2.33 bits per heavy atom. The van der Waals surface area contributed by atoms with Gasteiger partial charge in [-0.05, 0) is 43.5 Å². The van der Waals surface area contributed by atoms with Crippen LogP contribution in [0.5, 0.6) is 5.75 Å². The van der Waals surface area contributed by atoms with Gasteiger partial charge in [-0.25, -0.2) is 8.78 Å². The van der Waals surface area contributed by atoms with Gasteiger partial charge in [0.15, 0.2) is 6.10 Å². The summed E-state index contributed by atoms with van der Waals surface area (Å²) in [6.45, 7) is 5.31. The smallest absolute Gasteiger partial charge is 0.261 e. The molecule has 0 heterocycles. The summed E-state index contributed by atoms with van der Waals surface area (Å²) in [6, 6.07) is 11.9. The van der Waals surface area contributed by atoms with Crippen LogP contribution in [-0.2, 0) is 11.2 Å². The van der Waals surface area contributed by atoms with Gasteiger partial charge in [-0.1, -0.05) is 32.0 Å². The fourth-order valence-electron chi connectivity index (χ4n) is 2.70. The Labute approximate surface area is 157 Å². The average Bonchev–Trinajstić information content (AvgIpc) is 2.62. The van der Waals surface area contributed by atoms with Gasteiger partial charge < -0.3 is 10.1 Å². The predicted molar refractivity (Wildman–Crippen MR) is 98.1 cm³/mol. The van der Waals surface area contributed by atoms with Crippen molar-refractivity contribution in [1.29, 1.82) is 5.26 Å². The average molecular weight is 372 g/mol. The van der Waals surface area contributed by atoms with Gasteiger partial charge in [0.25, 0.3) is 5.91 Å². The molecule has 2 aromatic carbocycles. The van der Waals surface area contributed by atoms with Crippen molar-refractivity contribution in [3.63, 3.8) is 0 Å². The molecule has 2 unspecified atom stereocenters. The van der Waals surface area contributed by atoms with E-state index in [0.717, 1.165) is 0 Å². The molecular weight excluding hydrogens is 350 g/mol. The molecule has 2 atom stereocenters. The normalized spacial score (nSPS) is 12.9. The lowest BCUT2D eigenvalue weighted by atomic mass is 10.0. The zero-order chi connectivity index (χ0) is 20.0. The first kappa shape index (κ1) is 20.4. The maximum absolute atomic E-state index is 13.8. The van der Waals surface area contributed by atoms with Crippen LogP contribution in [0.4, 0.5) is 8.78 Å². The van der Waals surface area contributed by atoms with Crippen LogP contribution in [-0.4, -0.2) is 18.1 Å². The van der Waals surface area contributed by atoms with Crippen LogP contribution in [0.3, 0.4) is 0 Å². The number of para-hydroxylation sites is 1. The zero-order valence-electron chi connectivity index (χ0n) is 15.5. The van der Waals surface area contributed by atoms with Gasteiger partial charge in [0.2, 0.25) is 0 Å². The number of ether oxygens (including phenoxy) is 1. The lowest BCUT2D eigenvalue weighted by molar-refractivity contribution is -0.130. The quantitative estimate of drug-likeness (QED) is 0.799. The van der Waals surface area contributed by atoms with E-state index in [1.54, 1.807) is 31.2 Å². The number of carbonyl (C=O) groups is 1. The highest BCUT2D eigenvalue weighted by atomic mass is 19.1. The molecule has 0 aliphatic carbocycles. The van der Waals surface area contributed by atoms with E-state index in [9.17, 15) is 13.6 Å². The minimum atomic E-state index is -0.840. The van der Waals surface area contributed by atoms with Crippen LogP contribution in [0.15, 0.2) is 42.5 Å². The summed E-state index contributed by atoms with van der Waals surface area (Å²) in [6.07, 6.45) is -0.823. The number of halogens is 2. The lowest BCUT2D eigenvalue weighted by Gasteiger charge is -2.24. The molecule has 2 rings (SSSR count). The molecule has 0 fully saturated rings. The molecule has 0 radical (unpaired) electrons. The number of nitrogens with zero attached hydrogens (tertiary/aromatic N) is 1. The van der Waals surface area contributed by atoms with Crippen molar-refractivity contribution in [2.75, 3.05) is 0 Å². The van der Waals surface area contributed by atoms with Crippen LogP contribution < -0.4 is 10.1 Å². The van der Waals surface area contributed by atoms with Crippen LogP contribution in [0, 0.1) is 28.9 Å². The third-order valence-electron chi connectivity index (χ3n) is 4.09. The monoisotopic (exact) mass is 372 g/mol. The Hall–Kier alpha value is -2.94. The third kappa shape index (κ3) is 5.27. The minimum absolute atomic E-state index is 0.0177. The summed E-state index contributed by atoms with van der Waals surface area (Å²) < 4.78 is 33.4. The summed E-state index contributed by atoms with van der Waals surface area (Å²) in [5.41, 5.74) is 0.263. The highest BCUT2D eigenvalue weighted by Crippen LogP contribution is 2.21. The van der Waals surface area contributed by atoms with Crippen LogP contribution in [0.2, 0.25) is 0 Å². The Kier molecular flexibility index (Phi) is 6.89. The van der Waals surface area contributed by atoms with Crippen molar-refractivity contribution in [3.8, 4) is 11.8 Å². The molecule has 142 valence electrons. The van der Waals surface area contributed by atoms with Gasteiger partial charge >= 0.3 is 0 Å². The second kappa shape index (κ2) is 9.13. The second-order valence-electron chi connectivity index (χ2n) is 6.70. The summed E-state index contributed by atoms with van der Waals surface area (Å²) >= 11 is 0. The van der Waals surface area contributed by atoms with Crippen LogP contribution in [0.1, 0.15) is 31.9 Å². The van der Waals surface area contributed by atoms with Crippen molar-refractivity contribution in [2.24, 2.45) is 5.92 Å². The van der Waals surface area contributed by atoms with Crippen LogP contribution in [0.25, 0.3) is 0 Å². The molecule has 0 aliphatic rings. The first-order chi connectivity index (χ1) is 12.8. The predicted octanol–water partition coefficient (Wildman–Crippen LogP) is 3.99. The number of hydrogen-bond donors (Lipinski definition) is 1. The van der Waals surface area contributed by atoms with Gasteiger partial charge in [-0.15, -0.1) is 0 Å². The van der Waals surface area contributed by atoms with Crippen LogP contribution >= 0.6 is 0 Å². The molecule has 4 nitrogen and oxygen atoms in total. The maximum atomic E-state index is 13.8. The number of carbonyl (C=O) groups excluding carboxylic acids is 1. The Balaban J connectivity index is 2.09. The van der Waals surface area contributed by atoms with E-state index in [-0.39, 0.29) is 17.9 Å². The molecular formula is C21H22F2N2O2. The topological polar surface area (TPSA) is 62.1 Å². The highest BCUT2D eigenvalue weighted by molar-refractivity contribution is 5.81. The van der Waals surface area contributed by atoms with Gasteiger partial charge in [0, 0.05) is 11.6 Å². The summed E-state index contributed by atoms with van der Waals surface area (Å²) in [7, 11) is 0. The van der Waals surface area contributed by atoms with E-state index in [0.29, 0.717) is 11.3 Å². The summed E-state index contributed by atoms with van der Waals surface area (Å²) in [5.74, 6) is -1.54. The van der Waals surface area contributed by atoms with Crippen molar-refractivity contribution < 1.29 is 18.3 Å². The molecule has 6 heteroatoms. The molecule has 1 amide bonds. The molecule has 0 aromatic heterocycles. The Bertz CT molecular complexity index is 826. The van der Waals surface area contributed by atoms with E-state index in [1.165, 1.54) is 18.2 Å². The Morgan fingerprint density at radius 1 is 1.11 bits per heavy atom. The van der Waals surface area contributed by atoms with Crippen molar-refractivity contribution in [2.45, 2.75) is 39.3 Å². The SMILES string of the molecule is CC(Cc1c(F)cccc1F)NC(=O)C(Oc1ccccc1C#N)C(C)C. The fourth-order valence-corrected chi connectivity index (χ4v) is 2.70. The number of amides is 1. The van der Waals surface area contributed by atoms with Gasteiger partial charge in [-0.3, -0.25) is 4.79 Å². The number of nitriles is 1. The first-order valence-corrected chi connectivity index (χ1v) is 8.72. The fraction of sp³-hybridized carbons (Fsp3) is 0.333. The van der Waals surface area contributed by atoms with E-state index in [2.05, 4.69) is 5.32 Å². The molecule has 27 heavy (non-hydrogen) atoms. The molecule has 0 saturated carbocycles. The third-order valence-corrected chi connectivity index (χ3v) is 4.09.